The van der Waals surface area contributed by atoms with E-state index in [2.05, 4.69) is 35.0 Å². The molecule has 0 heterocycles. The van der Waals surface area contributed by atoms with Crippen molar-refractivity contribution in [3.05, 3.63) is 12.2 Å². The smallest absolute Gasteiger partial charge is 0.463 e. The topological polar surface area (TPSA) is 225 Å². The van der Waals surface area contributed by atoms with Crippen molar-refractivity contribution < 1.29 is 71.4 Å². The lowest BCUT2D eigenvalue weighted by Crippen LogP contribution is -2.25. The van der Waals surface area contributed by atoms with Crippen molar-refractivity contribution >= 4 is 27.6 Å². The summed E-state index contributed by atoms with van der Waals surface area (Å²) in [4.78, 5) is 43.9. The van der Waals surface area contributed by atoms with Crippen molar-refractivity contribution in [1.29, 1.82) is 0 Å². The number of ether oxygens (including phenoxy) is 2. The summed E-state index contributed by atoms with van der Waals surface area (Å²) in [5.41, 5.74) is 0. The molecule has 17 heteroatoms. The van der Waals surface area contributed by atoms with Crippen LogP contribution in [0.15, 0.2) is 12.2 Å². The lowest BCUT2D eigenvalue weighted by atomic mass is 10.0. The van der Waals surface area contributed by atoms with Gasteiger partial charge in [0.2, 0.25) is 0 Å². The van der Waals surface area contributed by atoms with Gasteiger partial charge in [-0.15, -0.1) is 0 Å². The third kappa shape index (κ3) is 49.7. The van der Waals surface area contributed by atoms with Crippen LogP contribution in [0.1, 0.15) is 245 Å². The molecule has 0 bridgehead atoms. The molecule has 0 radical (unpaired) electrons. The minimum absolute atomic E-state index is 0.199. The Balaban J connectivity index is 3.80. The molecule has 0 aromatic carbocycles. The first-order valence-electron chi connectivity index (χ1n) is 27.0. The predicted octanol–water partition coefficient (Wildman–Crippen LogP) is 13.1. The van der Waals surface area contributed by atoms with Gasteiger partial charge in [-0.1, -0.05) is 206 Å². The molecule has 5 atom stereocenters. The normalized spacial score (nSPS) is 15.0. The largest absolute Gasteiger partial charge is 0.472 e. The average Bonchev–Trinajstić information content (AvgIpc) is 3.31. The van der Waals surface area contributed by atoms with Crippen molar-refractivity contribution in [2.75, 3.05) is 39.6 Å². The fourth-order valence-electron chi connectivity index (χ4n) is 7.50. The molecule has 0 fully saturated rings. The zero-order valence-electron chi connectivity index (χ0n) is 42.8. The van der Waals surface area contributed by atoms with E-state index in [9.17, 15) is 43.8 Å². The van der Waals surface area contributed by atoms with Crippen molar-refractivity contribution in [1.82, 2.24) is 0 Å². The van der Waals surface area contributed by atoms with Crippen LogP contribution in [0.3, 0.4) is 0 Å². The maximum atomic E-state index is 12.2. The fraction of sp³-hybridized carbons (Fsp3) is 0.922. The van der Waals surface area contributed by atoms with Gasteiger partial charge in [-0.2, -0.15) is 0 Å². The third-order valence-electron chi connectivity index (χ3n) is 11.7. The van der Waals surface area contributed by atoms with Crippen LogP contribution in [0.25, 0.3) is 0 Å². The molecule has 0 amide bonds. The van der Waals surface area contributed by atoms with Crippen molar-refractivity contribution in [2.24, 2.45) is 0 Å². The minimum Gasteiger partial charge on any atom is -0.463 e. The van der Waals surface area contributed by atoms with E-state index in [1.54, 1.807) is 0 Å². The molecule has 404 valence electrons. The van der Waals surface area contributed by atoms with Crippen molar-refractivity contribution in [3.8, 4) is 0 Å². The predicted molar refractivity (Wildman–Crippen MR) is 270 cm³/mol. The summed E-state index contributed by atoms with van der Waals surface area (Å²) in [6.45, 7) is 0.476. The first-order chi connectivity index (χ1) is 32.8. The van der Waals surface area contributed by atoms with Crippen molar-refractivity contribution in [2.45, 2.75) is 263 Å². The van der Waals surface area contributed by atoms with Gasteiger partial charge in [0.05, 0.1) is 26.4 Å². The second kappa shape index (κ2) is 48.1. The van der Waals surface area contributed by atoms with Crippen LogP contribution in [0, 0.1) is 0 Å². The number of aliphatic hydroxyl groups excluding tert-OH is 3. The highest BCUT2D eigenvalue weighted by Crippen LogP contribution is 2.45. The first-order valence-corrected chi connectivity index (χ1v) is 30.0. The summed E-state index contributed by atoms with van der Waals surface area (Å²) < 4.78 is 53.1. The lowest BCUT2D eigenvalue weighted by molar-refractivity contribution is -0.148. The Bertz CT molecular complexity index is 1270. The van der Waals surface area contributed by atoms with E-state index in [0.29, 0.717) is 12.8 Å². The number of rotatable bonds is 53. The fourth-order valence-corrected chi connectivity index (χ4v) is 9.09. The minimum atomic E-state index is -4.78. The highest BCUT2D eigenvalue weighted by atomic mass is 31.2. The average molecular weight is 1020 g/mol. The number of unbranched alkanes of at least 4 members (excludes halogenated alkanes) is 31. The van der Waals surface area contributed by atoms with Gasteiger partial charge < -0.3 is 34.6 Å². The van der Waals surface area contributed by atoms with Crippen LogP contribution < -0.4 is 0 Å². The molecule has 0 aliphatic carbocycles. The van der Waals surface area contributed by atoms with Gasteiger partial charge in [0.1, 0.15) is 31.5 Å². The van der Waals surface area contributed by atoms with Gasteiger partial charge in [-0.3, -0.25) is 27.7 Å². The molecule has 0 aromatic rings. The van der Waals surface area contributed by atoms with E-state index in [4.69, 9.17) is 18.5 Å². The number of phosphoric ester groups is 2. The number of carbonyl (C=O) groups is 2. The lowest BCUT2D eigenvalue weighted by Gasteiger charge is -2.19. The molecular formula is C51H100O15P2. The van der Waals surface area contributed by atoms with Crippen LogP contribution >= 0.6 is 15.6 Å². The molecule has 5 unspecified atom stereocenters. The highest BCUT2D eigenvalue weighted by Gasteiger charge is 2.28. The molecule has 0 saturated carbocycles. The molecule has 15 nitrogen and oxygen atoms in total. The molecule has 0 aliphatic heterocycles. The maximum Gasteiger partial charge on any atom is 0.472 e. The number of phosphoric acid groups is 2. The maximum absolute atomic E-state index is 12.2. The number of carbonyl (C=O) groups excluding carboxylic acids is 2. The Morgan fingerprint density at radius 3 is 0.853 bits per heavy atom. The summed E-state index contributed by atoms with van der Waals surface area (Å²) in [6, 6.07) is 0. The van der Waals surface area contributed by atoms with Crippen LogP contribution in [0.5, 0.6) is 0 Å². The molecule has 0 rings (SSSR count). The van der Waals surface area contributed by atoms with Gasteiger partial charge in [-0.25, -0.2) is 9.13 Å². The molecule has 0 aliphatic rings. The van der Waals surface area contributed by atoms with E-state index in [1.165, 1.54) is 167 Å². The quantitative estimate of drug-likeness (QED) is 0.0165. The van der Waals surface area contributed by atoms with Crippen LogP contribution in [-0.2, 0) is 46.3 Å². The number of allylic oxidation sites excluding steroid dienone is 2. The summed E-state index contributed by atoms with van der Waals surface area (Å²) in [5, 5.41) is 30.1. The standard InChI is InChI=1S/C51H100O15P2/c1-3-5-7-9-11-13-15-17-19-20-21-22-23-24-26-28-30-32-34-36-38-40-51(56)62-42-48(53)44-64-68(59,60)66-46-49(54)45-65-67(57,58)63-43-47(52)41-61-50(55)39-37-35-33-31-29-27-25-18-16-14-12-10-8-6-4-2/h17,19,47-49,52-54H,3-16,18,20-46H2,1-2H3,(H,57,58)(H,59,60)/b19-17+. The van der Waals surface area contributed by atoms with Gasteiger partial charge in [0.25, 0.3) is 0 Å². The number of hydrogen-bond acceptors (Lipinski definition) is 13. The van der Waals surface area contributed by atoms with Crippen LogP contribution in [0.2, 0.25) is 0 Å². The van der Waals surface area contributed by atoms with Gasteiger partial charge in [0.15, 0.2) is 0 Å². The molecule has 68 heavy (non-hydrogen) atoms. The Labute approximate surface area is 412 Å². The Hall–Kier alpha value is -1.22. The zero-order valence-corrected chi connectivity index (χ0v) is 44.6. The monoisotopic (exact) mass is 1010 g/mol. The van der Waals surface area contributed by atoms with Crippen LogP contribution in [0.4, 0.5) is 0 Å². The zero-order chi connectivity index (χ0) is 50.2. The van der Waals surface area contributed by atoms with Gasteiger partial charge in [-0.05, 0) is 38.5 Å². The summed E-state index contributed by atoms with van der Waals surface area (Å²) >= 11 is 0. The summed E-state index contributed by atoms with van der Waals surface area (Å²) in [7, 11) is -9.57. The molecule has 0 aromatic heterocycles. The number of aliphatic hydroxyl groups is 3. The van der Waals surface area contributed by atoms with E-state index in [-0.39, 0.29) is 12.8 Å². The number of hydrogen-bond donors (Lipinski definition) is 5. The van der Waals surface area contributed by atoms with E-state index in [0.717, 1.165) is 38.5 Å². The Morgan fingerprint density at radius 2 is 0.588 bits per heavy atom. The third-order valence-corrected chi connectivity index (χ3v) is 13.6. The van der Waals surface area contributed by atoms with Crippen LogP contribution in [-0.4, -0.2) is 95.0 Å². The SMILES string of the molecule is CCCCCCCC/C=C/CCCCCCCCCCCCCC(=O)OCC(O)COP(=O)(O)OCC(O)COP(=O)(O)OCC(O)COC(=O)CCCCCCCCCCCCCCCCC. The highest BCUT2D eigenvalue weighted by molar-refractivity contribution is 7.47. The molecule has 5 N–H and O–H groups in total. The molecular weight excluding hydrogens is 914 g/mol. The Morgan fingerprint density at radius 1 is 0.368 bits per heavy atom. The van der Waals surface area contributed by atoms with Gasteiger partial charge in [0, 0.05) is 12.8 Å². The van der Waals surface area contributed by atoms with E-state index < -0.39 is 85.5 Å². The van der Waals surface area contributed by atoms with Crippen molar-refractivity contribution in [3.63, 3.8) is 0 Å². The van der Waals surface area contributed by atoms with Gasteiger partial charge >= 0.3 is 27.6 Å². The molecule has 0 spiro atoms. The Kier molecular flexibility index (Phi) is 47.2. The summed E-state index contributed by atoms with van der Waals surface area (Å²) in [5.74, 6) is -0.985. The first kappa shape index (κ1) is 66.8. The van der Waals surface area contributed by atoms with E-state index in [1.807, 2.05) is 0 Å². The van der Waals surface area contributed by atoms with E-state index >= 15 is 0 Å². The number of esters is 2. The second-order valence-corrected chi connectivity index (χ2v) is 21.5. The summed E-state index contributed by atoms with van der Waals surface area (Å²) in [6.07, 6.45) is 41.9. The second-order valence-electron chi connectivity index (χ2n) is 18.6. The molecule has 0 saturated heterocycles.